The second-order valence-electron chi connectivity index (χ2n) is 5.86. The highest BCUT2D eigenvalue weighted by Crippen LogP contribution is 2.37. The van der Waals surface area contributed by atoms with E-state index in [1.54, 1.807) is 17.5 Å². The van der Waals surface area contributed by atoms with E-state index >= 15 is 0 Å². The first-order chi connectivity index (χ1) is 11.7. The third kappa shape index (κ3) is 2.90. The summed E-state index contributed by atoms with van der Waals surface area (Å²) in [5, 5.41) is 6.78. The van der Waals surface area contributed by atoms with Gasteiger partial charge in [0.05, 0.1) is 11.6 Å². The van der Waals surface area contributed by atoms with E-state index in [1.165, 1.54) is 22.3 Å². The second kappa shape index (κ2) is 6.09. The van der Waals surface area contributed by atoms with Crippen molar-refractivity contribution in [3.8, 4) is 11.1 Å². The molecular weight excluding hydrogens is 318 g/mol. The Bertz CT molecular complexity index is 916. The fourth-order valence-corrected chi connectivity index (χ4v) is 3.79. The number of carbonyl (C=O) groups is 1. The largest absolute Gasteiger partial charge is 0.333 e. The van der Waals surface area contributed by atoms with Crippen LogP contribution in [-0.4, -0.2) is 11.0 Å². The number of nitrogens with zero attached hydrogens (tertiary/aromatic N) is 1. The van der Waals surface area contributed by atoms with Crippen molar-refractivity contribution in [2.45, 2.75) is 19.9 Å². The Balaban J connectivity index is 1.43. The number of nitrogens with one attached hydrogen (secondary N) is 2. The molecule has 0 saturated heterocycles. The molecule has 120 valence electrons. The molecule has 4 rings (SSSR count). The summed E-state index contributed by atoms with van der Waals surface area (Å²) in [6, 6.07) is 14.3. The summed E-state index contributed by atoms with van der Waals surface area (Å²) >= 11 is 1.59. The topological polar surface area (TPSA) is 54.0 Å². The Morgan fingerprint density at radius 2 is 2.00 bits per heavy atom. The number of benzene rings is 2. The fourth-order valence-electron chi connectivity index (χ4n) is 3.05. The lowest BCUT2D eigenvalue weighted by atomic mass is 10.1. The monoisotopic (exact) mass is 335 g/mol. The summed E-state index contributed by atoms with van der Waals surface area (Å²) in [7, 11) is 0. The minimum Gasteiger partial charge on any atom is -0.333 e. The number of aryl methyl sites for hydroxylation is 1. The molecular formula is C19H17N3OS. The van der Waals surface area contributed by atoms with E-state index in [4.69, 9.17) is 0 Å². The maximum Gasteiger partial charge on any atom is 0.319 e. The number of hydrogen-bond donors (Lipinski definition) is 2. The van der Waals surface area contributed by atoms with Gasteiger partial charge in [-0.05, 0) is 47.7 Å². The van der Waals surface area contributed by atoms with Gasteiger partial charge in [-0.25, -0.2) is 9.78 Å². The zero-order chi connectivity index (χ0) is 16.5. The van der Waals surface area contributed by atoms with Crippen molar-refractivity contribution in [2.75, 3.05) is 5.32 Å². The van der Waals surface area contributed by atoms with Gasteiger partial charge in [-0.3, -0.25) is 0 Å². The molecule has 2 aromatic carbocycles. The molecule has 0 unspecified atom stereocenters. The molecule has 0 fully saturated rings. The Morgan fingerprint density at radius 1 is 1.17 bits per heavy atom. The minimum atomic E-state index is -0.198. The first-order valence-corrected chi connectivity index (χ1v) is 8.68. The number of fused-ring (bicyclic) bond motifs is 3. The van der Waals surface area contributed by atoms with E-state index in [2.05, 4.69) is 52.0 Å². The summed E-state index contributed by atoms with van der Waals surface area (Å²) in [5.41, 5.74) is 5.97. The van der Waals surface area contributed by atoms with Crippen LogP contribution in [0.3, 0.4) is 0 Å². The normalized spacial score (nSPS) is 11.7. The van der Waals surface area contributed by atoms with E-state index in [0.29, 0.717) is 6.54 Å². The van der Waals surface area contributed by atoms with Crippen molar-refractivity contribution in [3.63, 3.8) is 0 Å². The number of carbonyl (C=O) groups excluding carboxylic acids is 1. The van der Waals surface area contributed by atoms with Crippen LogP contribution in [0.2, 0.25) is 0 Å². The average molecular weight is 335 g/mol. The van der Waals surface area contributed by atoms with Gasteiger partial charge in [0.1, 0.15) is 0 Å². The smallest absolute Gasteiger partial charge is 0.319 e. The van der Waals surface area contributed by atoms with Crippen LogP contribution in [0.4, 0.5) is 10.5 Å². The SMILES string of the molecule is Cc1ncc(CNC(=O)Nc2ccc3c(c2)Cc2ccccc2-3)s1. The van der Waals surface area contributed by atoms with Gasteiger partial charge < -0.3 is 10.6 Å². The third-order valence-corrected chi connectivity index (χ3v) is 5.06. The molecule has 5 heteroatoms. The Hall–Kier alpha value is -2.66. The molecule has 0 saturated carbocycles. The summed E-state index contributed by atoms with van der Waals surface area (Å²) in [6.07, 6.45) is 2.72. The van der Waals surface area contributed by atoms with Crippen molar-refractivity contribution >= 4 is 23.1 Å². The molecule has 2 amide bonds. The van der Waals surface area contributed by atoms with Gasteiger partial charge in [-0.1, -0.05) is 30.3 Å². The molecule has 1 aliphatic rings. The van der Waals surface area contributed by atoms with Gasteiger partial charge in [0.2, 0.25) is 0 Å². The first kappa shape index (κ1) is 14.9. The zero-order valence-corrected chi connectivity index (χ0v) is 14.1. The lowest BCUT2D eigenvalue weighted by molar-refractivity contribution is 0.252. The minimum absolute atomic E-state index is 0.198. The molecule has 24 heavy (non-hydrogen) atoms. The summed E-state index contributed by atoms with van der Waals surface area (Å²) in [6.45, 7) is 2.45. The zero-order valence-electron chi connectivity index (χ0n) is 13.3. The number of anilines is 1. The number of rotatable bonds is 3. The Morgan fingerprint density at radius 3 is 2.83 bits per heavy atom. The van der Waals surface area contributed by atoms with E-state index in [-0.39, 0.29) is 6.03 Å². The van der Waals surface area contributed by atoms with Crippen LogP contribution in [0.5, 0.6) is 0 Å². The van der Waals surface area contributed by atoms with E-state index in [9.17, 15) is 4.79 Å². The number of amides is 2. The maximum atomic E-state index is 12.1. The molecule has 0 radical (unpaired) electrons. The van der Waals surface area contributed by atoms with Gasteiger partial charge >= 0.3 is 6.03 Å². The molecule has 0 spiro atoms. The standard InChI is InChI=1S/C19H17N3OS/c1-12-20-10-16(24-12)11-21-19(23)22-15-6-7-18-14(9-15)8-13-4-2-3-5-17(13)18/h2-7,9-10H,8,11H2,1H3,(H2,21,22,23). The van der Waals surface area contributed by atoms with Gasteiger partial charge in [-0.2, -0.15) is 0 Å². The average Bonchev–Trinajstić information content (AvgIpc) is 3.15. The van der Waals surface area contributed by atoms with Gasteiger partial charge in [0.25, 0.3) is 0 Å². The Labute approximate surface area is 144 Å². The van der Waals surface area contributed by atoms with Crippen molar-refractivity contribution in [3.05, 3.63) is 69.7 Å². The van der Waals surface area contributed by atoms with Crippen molar-refractivity contribution in [1.82, 2.24) is 10.3 Å². The highest BCUT2D eigenvalue weighted by molar-refractivity contribution is 7.11. The van der Waals surface area contributed by atoms with Crippen LogP contribution < -0.4 is 10.6 Å². The number of urea groups is 1. The van der Waals surface area contributed by atoms with E-state index in [1.807, 2.05) is 13.0 Å². The van der Waals surface area contributed by atoms with Crippen LogP contribution in [0.15, 0.2) is 48.7 Å². The van der Waals surface area contributed by atoms with Gasteiger partial charge in [-0.15, -0.1) is 11.3 Å². The van der Waals surface area contributed by atoms with E-state index < -0.39 is 0 Å². The molecule has 1 aromatic heterocycles. The van der Waals surface area contributed by atoms with Crippen LogP contribution in [0.1, 0.15) is 21.0 Å². The summed E-state index contributed by atoms with van der Waals surface area (Å²) in [5.74, 6) is 0. The molecule has 1 heterocycles. The quantitative estimate of drug-likeness (QED) is 0.585. The second-order valence-corrected chi connectivity index (χ2v) is 7.18. The number of thiazole rings is 1. The highest BCUT2D eigenvalue weighted by atomic mass is 32.1. The van der Waals surface area contributed by atoms with Crippen molar-refractivity contribution < 1.29 is 4.79 Å². The van der Waals surface area contributed by atoms with Crippen LogP contribution in [0.25, 0.3) is 11.1 Å². The summed E-state index contributed by atoms with van der Waals surface area (Å²) < 4.78 is 0. The highest BCUT2D eigenvalue weighted by Gasteiger charge is 2.18. The third-order valence-electron chi connectivity index (χ3n) is 4.14. The summed E-state index contributed by atoms with van der Waals surface area (Å²) in [4.78, 5) is 17.3. The van der Waals surface area contributed by atoms with E-state index in [0.717, 1.165) is 22.0 Å². The predicted octanol–water partition coefficient (Wildman–Crippen LogP) is 4.34. The number of hydrogen-bond acceptors (Lipinski definition) is 3. The van der Waals surface area contributed by atoms with Gasteiger partial charge in [0.15, 0.2) is 0 Å². The molecule has 0 aliphatic heterocycles. The first-order valence-electron chi connectivity index (χ1n) is 7.86. The molecule has 3 aromatic rings. The van der Waals surface area contributed by atoms with Crippen LogP contribution in [0, 0.1) is 6.92 Å². The van der Waals surface area contributed by atoms with Gasteiger partial charge in [0, 0.05) is 16.8 Å². The predicted molar refractivity (Wildman–Crippen MR) is 97.4 cm³/mol. The number of aromatic nitrogens is 1. The molecule has 2 N–H and O–H groups in total. The lowest BCUT2D eigenvalue weighted by Crippen LogP contribution is -2.27. The van der Waals surface area contributed by atoms with Crippen molar-refractivity contribution in [1.29, 1.82) is 0 Å². The lowest BCUT2D eigenvalue weighted by Gasteiger charge is -2.08. The molecule has 4 nitrogen and oxygen atoms in total. The maximum absolute atomic E-state index is 12.1. The van der Waals surface area contributed by atoms with Crippen molar-refractivity contribution in [2.24, 2.45) is 0 Å². The Kier molecular flexibility index (Phi) is 3.78. The fraction of sp³-hybridized carbons (Fsp3) is 0.158. The van der Waals surface area contributed by atoms with Crippen LogP contribution >= 0.6 is 11.3 Å². The molecule has 1 aliphatic carbocycles. The molecule has 0 atom stereocenters. The van der Waals surface area contributed by atoms with Crippen LogP contribution in [-0.2, 0) is 13.0 Å². The molecule has 0 bridgehead atoms.